The van der Waals surface area contributed by atoms with Gasteiger partial charge in [-0.15, -0.1) is 11.3 Å². The van der Waals surface area contributed by atoms with Crippen molar-refractivity contribution in [1.29, 1.82) is 0 Å². The predicted molar refractivity (Wildman–Crippen MR) is 58.0 cm³/mol. The number of aromatic nitrogens is 1. The molecule has 0 saturated carbocycles. The van der Waals surface area contributed by atoms with E-state index in [0.29, 0.717) is 6.42 Å². The second-order valence-electron chi connectivity index (χ2n) is 3.05. The normalized spacial score (nSPS) is 12.4. The molecule has 0 aliphatic heterocycles. The van der Waals surface area contributed by atoms with Gasteiger partial charge in [-0.1, -0.05) is 0 Å². The van der Waals surface area contributed by atoms with E-state index in [0.717, 1.165) is 10.6 Å². The smallest absolute Gasteiger partial charge is 0.368 e. The van der Waals surface area contributed by atoms with Crippen LogP contribution in [-0.4, -0.2) is 30.5 Å². The summed E-state index contributed by atoms with van der Waals surface area (Å²) in [4.78, 5) is 16.0. The number of carbonyl (C=O) groups excluding carboxylic acids is 1. The molecule has 0 bridgehead atoms. The fourth-order valence-electron chi connectivity index (χ4n) is 1.10. The topological polar surface area (TPSA) is 48.4 Å². The zero-order valence-corrected chi connectivity index (χ0v) is 10.1. The van der Waals surface area contributed by atoms with Gasteiger partial charge in [0.05, 0.1) is 24.4 Å². The van der Waals surface area contributed by atoms with E-state index >= 15 is 0 Å². The highest BCUT2D eigenvalue weighted by Gasteiger charge is 2.18. The Labute approximate surface area is 97.4 Å². The van der Waals surface area contributed by atoms with E-state index in [1.165, 1.54) is 11.3 Å². The van der Waals surface area contributed by atoms with Crippen LogP contribution in [0.3, 0.4) is 0 Å². The Bertz CT molecular complexity index is 343. The summed E-state index contributed by atoms with van der Waals surface area (Å²) in [7, 11) is 0. The summed E-state index contributed by atoms with van der Waals surface area (Å²) in [5, 5.41) is 0. The second kappa shape index (κ2) is 6.55. The summed E-state index contributed by atoms with van der Waals surface area (Å²) >= 11 is 1.49. The van der Waals surface area contributed by atoms with Crippen LogP contribution in [0, 0.1) is 6.92 Å². The van der Waals surface area contributed by atoms with Crippen LogP contribution < -0.4 is 0 Å². The first-order chi connectivity index (χ1) is 7.65. The Hall–Kier alpha value is -1.01. The molecule has 1 rings (SSSR count). The standard InChI is InChI=1S/C10H14FNO3S/c1-3-14-10(13)9(11)15-5-4-8-7(2)12-6-16-8/h6,9H,3-5H2,1-2H3. The maximum absolute atomic E-state index is 13.0. The summed E-state index contributed by atoms with van der Waals surface area (Å²) in [6.07, 6.45) is -1.44. The van der Waals surface area contributed by atoms with E-state index in [4.69, 9.17) is 4.74 Å². The van der Waals surface area contributed by atoms with Gasteiger partial charge in [0.15, 0.2) is 0 Å². The van der Waals surface area contributed by atoms with Crippen LogP contribution in [0.1, 0.15) is 17.5 Å². The number of hydrogen-bond donors (Lipinski definition) is 0. The number of alkyl halides is 1. The molecular formula is C10H14FNO3S. The van der Waals surface area contributed by atoms with Crippen molar-refractivity contribution < 1.29 is 18.7 Å². The van der Waals surface area contributed by atoms with Gasteiger partial charge in [-0.05, 0) is 13.8 Å². The number of hydrogen-bond acceptors (Lipinski definition) is 5. The minimum Gasteiger partial charge on any atom is -0.462 e. The highest BCUT2D eigenvalue weighted by Crippen LogP contribution is 2.13. The van der Waals surface area contributed by atoms with Crippen molar-refractivity contribution in [1.82, 2.24) is 4.98 Å². The number of esters is 1. The third-order valence-electron chi connectivity index (χ3n) is 1.91. The van der Waals surface area contributed by atoms with E-state index in [1.807, 2.05) is 6.92 Å². The van der Waals surface area contributed by atoms with Gasteiger partial charge in [0.1, 0.15) is 0 Å². The predicted octanol–water partition coefficient (Wildman–Crippen LogP) is 1.87. The minimum atomic E-state index is -1.99. The Morgan fingerprint density at radius 3 is 3.00 bits per heavy atom. The maximum Gasteiger partial charge on any atom is 0.368 e. The van der Waals surface area contributed by atoms with Gasteiger partial charge in [-0.3, -0.25) is 0 Å². The minimum absolute atomic E-state index is 0.142. The summed E-state index contributed by atoms with van der Waals surface area (Å²) in [5.41, 5.74) is 2.64. The van der Waals surface area contributed by atoms with Crippen LogP contribution in [0.2, 0.25) is 0 Å². The van der Waals surface area contributed by atoms with Crippen LogP contribution >= 0.6 is 11.3 Å². The molecule has 1 aromatic rings. The lowest BCUT2D eigenvalue weighted by Crippen LogP contribution is -2.22. The molecule has 0 aliphatic carbocycles. The van der Waals surface area contributed by atoms with E-state index in [9.17, 15) is 9.18 Å². The molecular weight excluding hydrogens is 233 g/mol. The molecule has 6 heteroatoms. The monoisotopic (exact) mass is 247 g/mol. The molecule has 4 nitrogen and oxygen atoms in total. The summed E-state index contributed by atoms with van der Waals surface area (Å²) in [6, 6.07) is 0. The molecule has 0 aliphatic rings. The molecule has 0 spiro atoms. The van der Waals surface area contributed by atoms with Crippen LogP contribution in [0.25, 0.3) is 0 Å². The lowest BCUT2D eigenvalue weighted by atomic mass is 10.3. The molecule has 0 fully saturated rings. The van der Waals surface area contributed by atoms with Gasteiger partial charge in [0, 0.05) is 11.3 Å². The van der Waals surface area contributed by atoms with Crippen molar-refractivity contribution in [3.8, 4) is 0 Å². The number of ether oxygens (including phenoxy) is 2. The van der Waals surface area contributed by atoms with Gasteiger partial charge in [0.25, 0.3) is 6.36 Å². The Balaban J connectivity index is 2.25. The molecule has 1 aromatic heterocycles. The first-order valence-electron chi connectivity index (χ1n) is 4.96. The fourth-order valence-corrected chi connectivity index (χ4v) is 1.86. The van der Waals surface area contributed by atoms with E-state index in [-0.39, 0.29) is 13.2 Å². The first-order valence-corrected chi connectivity index (χ1v) is 5.84. The molecule has 1 unspecified atom stereocenters. The van der Waals surface area contributed by atoms with Crippen LogP contribution in [-0.2, 0) is 20.7 Å². The molecule has 1 heterocycles. The molecule has 0 aromatic carbocycles. The summed E-state index contributed by atoms with van der Waals surface area (Å²) < 4.78 is 22.2. The second-order valence-corrected chi connectivity index (χ2v) is 3.99. The number of nitrogens with zero attached hydrogens (tertiary/aromatic N) is 1. The number of carbonyl (C=O) groups is 1. The van der Waals surface area contributed by atoms with Crippen LogP contribution in [0.15, 0.2) is 5.51 Å². The number of thiazole rings is 1. The van der Waals surface area contributed by atoms with Crippen molar-refractivity contribution in [2.45, 2.75) is 26.6 Å². The SMILES string of the molecule is CCOC(=O)C(F)OCCc1scnc1C. The van der Waals surface area contributed by atoms with Gasteiger partial charge in [-0.2, -0.15) is 0 Å². The summed E-state index contributed by atoms with van der Waals surface area (Å²) in [5.74, 6) is -0.969. The van der Waals surface area contributed by atoms with E-state index < -0.39 is 12.3 Å². The summed E-state index contributed by atoms with van der Waals surface area (Å²) in [6.45, 7) is 3.79. The quantitative estimate of drug-likeness (QED) is 0.720. The van der Waals surface area contributed by atoms with Crippen molar-refractivity contribution in [2.75, 3.05) is 13.2 Å². The van der Waals surface area contributed by atoms with Crippen molar-refractivity contribution >= 4 is 17.3 Å². The number of rotatable bonds is 6. The van der Waals surface area contributed by atoms with Crippen LogP contribution in [0.4, 0.5) is 4.39 Å². The molecule has 0 saturated heterocycles. The first kappa shape index (κ1) is 13.1. The van der Waals surface area contributed by atoms with Gasteiger partial charge in [-0.25, -0.2) is 14.2 Å². The zero-order valence-electron chi connectivity index (χ0n) is 9.23. The van der Waals surface area contributed by atoms with Gasteiger partial charge < -0.3 is 9.47 Å². The Morgan fingerprint density at radius 1 is 1.69 bits per heavy atom. The maximum atomic E-state index is 13.0. The van der Waals surface area contributed by atoms with Crippen LogP contribution in [0.5, 0.6) is 0 Å². The highest BCUT2D eigenvalue weighted by atomic mass is 32.1. The van der Waals surface area contributed by atoms with Crippen molar-refractivity contribution in [3.05, 3.63) is 16.1 Å². The van der Waals surface area contributed by atoms with Gasteiger partial charge in [0.2, 0.25) is 0 Å². The number of aryl methyl sites for hydroxylation is 1. The molecule has 16 heavy (non-hydrogen) atoms. The third kappa shape index (κ3) is 3.86. The van der Waals surface area contributed by atoms with E-state index in [2.05, 4.69) is 9.72 Å². The number of halogens is 1. The Kier molecular flexibility index (Phi) is 5.34. The van der Waals surface area contributed by atoms with Crippen molar-refractivity contribution in [2.24, 2.45) is 0 Å². The molecule has 90 valence electrons. The average molecular weight is 247 g/mol. The lowest BCUT2D eigenvalue weighted by Gasteiger charge is -2.08. The van der Waals surface area contributed by atoms with Crippen molar-refractivity contribution in [3.63, 3.8) is 0 Å². The fraction of sp³-hybridized carbons (Fsp3) is 0.600. The lowest BCUT2D eigenvalue weighted by molar-refractivity contribution is -0.169. The van der Waals surface area contributed by atoms with E-state index in [1.54, 1.807) is 12.4 Å². The van der Waals surface area contributed by atoms with Gasteiger partial charge >= 0.3 is 5.97 Å². The molecule has 0 N–H and O–H groups in total. The average Bonchev–Trinajstić information content (AvgIpc) is 2.65. The Morgan fingerprint density at radius 2 is 2.44 bits per heavy atom. The largest absolute Gasteiger partial charge is 0.462 e. The molecule has 1 atom stereocenters. The highest BCUT2D eigenvalue weighted by molar-refractivity contribution is 7.09. The third-order valence-corrected chi connectivity index (χ3v) is 2.90. The molecule has 0 amide bonds. The molecule has 0 radical (unpaired) electrons. The zero-order chi connectivity index (χ0) is 12.0.